The summed E-state index contributed by atoms with van der Waals surface area (Å²) in [5.41, 5.74) is 0. The van der Waals surface area contributed by atoms with Crippen LogP contribution >= 0.6 is 11.6 Å². The van der Waals surface area contributed by atoms with Crippen LogP contribution in [0.3, 0.4) is 0 Å². The molecular formula is C14H25ClN2. The molecule has 0 saturated carbocycles. The van der Waals surface area contributed by atoms with E-state index in [1.807, 2.05) is 18.7 Å². The Balaban J connectivity index is 2.02. The van der Waals surface area contributed by atoms with Gasteiger partial charge in [0.05, 0.1) is 6.33 Å². The summed E-state index contributed by atoms with van der Waals surface area (Å²) in [6.45, 7) is 3.34. The van der Waals surface area contributed by atoms with Gasteiger partial charge in [-0.05, 0) is 25.2 Å². The van der Waals surface area contributed by atoms with E-state index in [1.54, 1.807) is 0 Å². The zero-order chi connectivity index (χ0) is 12.3. The number of halogens is 1. The second-order valence-electron chi connectivity index (χ2n) is 4.81. The minimum absolute atomic E-state index is 0.728. The molecule has 0 aromatic carbocycles. The minimum Gasteiger partial charge on any atom is -0.337 e. The molecule has 0 aliphatic heterocycles. The molecule has 0 aliphatic rings. The Bertz CT molecular complexity index is 259. The fraction of sp³-hybridized carbons (Fsp3) is 0.786. The van der Waals surface area contributed by atoms with Crippen molar-refractivity contribution in [2.45, 2.75) is 58.4 Å². The second-order valence-corrected chi connectivity index (χ2v) is 5.12. The number of imidazole rings is 1. The molecule has 0 saturated heterocycles. The Morgan fingerprint density at radius 2 is 1.94 bits per heavy atom. The lowest BCUT2D eigenvalue weighted by Crippen LogP contribution is -2.03. The molecule has 1 aromatic rings. The highest BCUT2D eigenvalue weighted by Gasteiger charge is 2.06. The summed E-state index contributed by atoms with van der Waals surface area (Å²) in [5.74, 6) is 1.56. The molecule has 0 amide bonds. The third-order valence-electron chi connectivity index (χ3n) is 3.27. The van der Waals surface area contributed by atoms with Crippen LogP contribution in [0, 0.1) is 5.92 Å². The molecule has 0 bridgehead atoms. The quantitative estimate of drug-likeness (QED) is 0.446. The first-order valence-electron chi connectivity index (χ1n) is 6.88. The Hall–Kier alpha value is -0.500. The number of nitrogens with zero attached hydrogens (tertiary/aromatic N) is 2. The molecule has 17 heavy (non-hydrogen) atoms. The minimum atomic E-state index is 0.728. The molecule has 0 radical (unpaired) electrons. The summed E-state index contributed by atoms with van der Waals surface area (Å²) in [6, 6.07) is 0. The first-order chi connectivity index (χ1) is 8.36. The van der Waals surface area contributed by atoms with Crippen molar-refractivity contribution in [1.82, 2.24) is 9.55 Å². The Morgan fingerprint density at radius 3 is 2.53 bits per heavy atom. The molecule has 1 atom stereocenters. The molecule has 0 aliphatic carbocycles. The maximum Gasteiger partial charge on any atom is 0.0945 e. The average Bonchev–Trinajstić information content (AvgIpc) is 2.85. The maximum absolute atomic E-state index is 6.01. The molecule has 2 nitrogen and oxygen atoms in total. The summed E-state index contributed by atoms with van der Waals surface area (Å²) in [5, 5.41) is 0. The topological polar surface area (TPSA) is 17.8 Å². The van der Waals surface area contributed by atoms with Crippen LogP contribution in [0.15, 0.2) is 18.7 Å². The first-order valence-corrected chi connectivity index (χ1v) is 7.42. The van der Waals surface area contributed by atoms with E-state index in [1.165, 1.54) is 44.9 Å². The molecule has 0 fully saturated rings. The fourth-order valence-corrected chi connectivity index (χ4v) is 2.44. The van der Waals surface area contributed by atoms with Gasteiger partial charge in [-0.25, -0.2) is 4.98 Å². The zero-order valence-electron chi connectivity index (χ0n) is 10.9. The van der Waals surface area contributed by atoms with Gasteiger partial charge in [0, 0.05) is 24.8 Å². The van der Waals surface area contributed by atoms with Crippen molar-refractivity contribution in [1.29, 1.82) is 0 Å². The van der Waals surface area contributed by atoms with Crippen molar-refractivity contribution in [2.24, 2.45) is 5.92 Å². The highest BCUT2D eigenvalue weighted by Crippen LogP contribution is 2.18. The lowest BCUT2D eigenvalue weighted by atomic mass is 9.97. The number of aromatic nitrogens is 2. The van der Waals surface area contributed by atoms with Crippen LogP contribution in [0.4, 0.5) is 0 Å². The third kappa shape index (κ3) is 6.72. The van der Waals surface area contributed by atoms with Crippen LogP contribution in [0.1, 0.15) is 51.9 Å². The van der Waals surface area contributed by atoms with Crippen molar-refractivity contribution < 1.29 is 0 Å². The van der Waals surface area contributed by atoms with Gasteiger partial charge in [-0.15, -0.1) is 11.6 Å². The predicted molar refractivity (Wildman–Crippen MR) is 74.4 cm³/mol. The largest absolute Gasteiger partial charge is 0.337 e. The predicted octanol–water partition coefficient (Wildman–Crippen LogP) is 4.49. The van der Waals surface area contributed by atoms with E-state index in [-0.39, 0.29) is 0 Å². The molecule has 98 valence electrons. The van der Waals surface area contributed by atoms with Gasteiger partial charge in [0.1, 0.15) is 0 Å². The monoisotopic (exact) mass is 256 g/mol. The number of alkyl halides is 1. The molecule has 3 heteroatoms. The Morgan fingerprint density at radius 1 is 1.18 bits per heavy atom. The smallest absolute Gasteiger partial charge is 0.0945 e. The van der Waals surface area contributed by atoms with Gasteiger partial charge < -0.3 is 4.57 Å². The summed E-state index contributed by atoms with van der Waals surface area (Å²) < 4.78 is 2.15. The summed E-state index contributed by atoms with van der Waals surface area (Å²) in [4.78, 5) is 4.04. The van der Waals surface area contributed by atoms with E-state index in [2.05, 4.69) is 16.5 Å². The van der Waals surface area contributed by atoms with Crippen molar-refractivity contribution in [3.63, 3.8) is 0 Å². The van der Waals surface area contributed by atoms with Crippen LogP contribution in [-0.4, -0.2) is 15.4 Å². The van der Waals surface area contributed by atoms with Crippen molar-refractivity contribution in [2.75, 3.05) is 5.88 Å². The number of hydrogen-bond donors (Lipinski definition) is 0. The van der Waals surface area contributed by atoms with E-state index in [0.29, 0.717) is 0 Å². The molecule has 1 aromatic heterocycles. The van der Waals surface area contributed by atoms with Crippen LogP contribution in [-0.2, 0) is 6.54 Å². The molecule has 0 N–H and O–H groups in total. The highest BCUT2D eigenvalue weighted by molar-refractivity contribution is 6.18. The van der Waals surface area contributed by atoms with Gasteiger partial charge in [-0.3, -0.25) is 0 Å². The van der Waals surface area contributed by atoms with E-state index in [0.717, 1.165) is 18.3 Å². The summed E-state index contributed by atoms with van der Waals surface area (Å²) in [6.07, 6.45) is 14.9. The van der Waals surface area contributed by atoms with Gasteiger partial charge >= 0.3 is 0 Å². The van der Waals surface area contributed by atoms with E-state index in [4.69, 9.17) is 11.6 Å². The summed E-state index contributed by atoms with van der Waals surface area (Å²) in [7, 11) is 0. The summed E-state index contributed by atoms with van der Waals surface area (Å²) >= 11 is 6.01. The van der Waals surface area contributed by atoms with Crippen LogP contribution in [0.25, 0.3) is 0 Å². The standard InChI is InChI=1S/C14H25ClN2/c1-2-3-4-7-14(12-15)8-5-6-10-17-11-9-16-13-17/h9,11,13-14H,2-8,10,12H2,1H3. The van der Waals surface area contributed by atoms with E-state index < -0.39 is 0 Å². The van der Waals surface area contributed by atoms with Crippen molar-refractivity contribution in [3.8, 4) is 0 Å². The number of rotatable bonds is 10. The molecule has 1 rings (SSSR count). The van der Waals surface area contributed by atoms with Crippen molar-refractivity contribution >= 4 is 11.6 Å². The zero-order valence-corrected chi connectivity index (χ0v) is 11.7. The number of hydrogen-bond acceptors (Lipinski definition) is 1. The second kappa shape index (κ2) is 9.52. The molecular weight excluding hydrogens is 232 g/mol. The Kier molecular flexibility index (Phi) is 8.16. The highest BCUT2D eigenvalue weighted by atomic mass is 35.5. The Labute approximate surface area is 110 Å². The van der Waals surface area contributed by atoms with Crippen LogP contribution in [0.5, 0.6) is 0 Å². The van der Waals surface area contributed by atoms with Gasteiger partial charge in [-0.2, -0.15) is 0 Å². The first kappa shape index (κ1) is 14.6. The number of unbranched alkanes of at least 4 members (excludes halogenated alkanes) is 3. The van der Waals surface area contributed by atoms with Crippen molar-refractivity contribution in [3.05, 3.63) is 18.7 Å². The lowest BCUT2D eigenvalue weighted by molar-refractivity contribution is 0.438. The van der Waals surface area contributed by atoms with Crippen LogP contribution in [0.2, 0.25) is 0 Å². The molecule has 0 spiro atoms. The van der Waals surface area contributed by atoms with Gasteiger partial charge in [0.2, 0.25) is 0 Å². The lowest BCUT2D eigenvalue weighted by Gasteiger charge is -2.13. The SMILES string of the molecule is CCCCCC(CCl)CCCCn1ccnc1. The maximum atomic E-state index is 6.01. The normalized spacial score (nSPS) is 12.8. The van der Waals surface area contributed by atoms with E-state index >= 15 is 0 Å². The number of aryl methyl sites for hydroxylation is 1. The fourth-order valence-electron chi connectivity index (χ4n) is 2.13. The van der Waals surface area contributed by atoms with Crippen LogP contribution < -0.4 is 0 Å². The van der Waals surface area contributed by atoms with Gasteiger partial charge in [-0.1, -0.05) is 32.6 Å². The third-order valence-corrected chi connectivity index (χ3v) is 3.71. The van der Waals surface area contributed by atoms with E-state index in [9.17, 15) is 0 Å². The van der Waals surface area contributed by atoms with Gasteiger partial charge in [0.25, 0.3) is 0 Å². The van der Waals surface area contributed by atoms with Gasteiger partial charge in [0.15, 0.2) is 0 Å². The molecule has 1 heterocycles. The average molecular weight is 257 g/mol. The molecule has 1 unspecified atom stereocenters.